The highest BCUT2D eigenvalue weighted by molar-refractivity contribution is 5.97. The van der Waals surface area contributed by atoms with Gasteiger partial charge in [0.2, 0.25) is 5.88 Å². The molecule has 4 rings (SSSR count). The highest BCUT2D eigenvalue weighted by Gasteiger charge is 2.34. The van der Waals surface area contributed by atoms with Crippen molar-refractivity contribution < 1.29 is 14.6 Å². The van der Waals surface area contributed by atoms with Crippen molar-refractivity contribution in [1.82, 2.24) is 14.8 Å². The fourth-order valence-electron chi connectivity index (χ4n) is 4.45. The Bertz CT molecular complexity index is 1170. The third kappa shape index (κ3) is 6.39. The van der Waals surface area contributed by atoms with Crippen molar-refractivity contribution in [2.45, 2.75) is 32.5 Å². The number of nitrogens with zero attached hydrogens (tertiary/aromatic N) is 3. The minimum atomic E-state index is -0.308. The normalized spacial score (nSPS) is 19.0. The van der Waals surface area contributed by atoms with Gasteiger partial charge in [0.15, 0.2) is 0 Å². The molecule has 1 aliphatic heterocycles. The van der Waals surface area contributed by atoms with E-state index in [-0.39, 0.29) is 30.6 Å². The van der Waals surface area contributed by atoms with Crippen LogP contribution in [0.5, 0.6) is 5.88 Å². The molecule has 0 radical (unpaired) electrons. The van der Waals surface area contributed by atoms with Crippen LogP contribution in [0.3, 0.4) is 0 Å². The zero-order chi connectivity index (χ0) is 25.5. The smallest absolute Gasteiger partial charge is 0.259 e. The Morgan fingerprint density at radius 1 is 1.11 bits per heavy atom. The Kier molecular flexibility index (Phi) is 8.52. The molecular formula is C30H35N3O3. The first-order valence-electron chi connectivity index (χ1n) is 12.5. The van der Waals surface area contributed by atoms with Crippen molar-refractivity contribution in [2.75, 3.05) is 26.7 Å². The molecule has 188 valence electrons. The molecule has 0 unspecified atom stereocenters. The number of ether oxygens (including phenoxy) is 1. The first-order chi connectivity index (χ1) is 17.4. The van der Waals surface area contributed by atoms with E-state index in [2.05, 4.69) is 36.0 Å². The zero-order valence-electron chi connectivity index (χ0n) is 21.2. The molecule has 1 amide bonds. The quantitative estimate of drug-likeness (QED) is 0.505. The number of carbonyl (C=O) groups is 1. The molecule has 1 aliphatic rings. The van der Waals surface area contributed by atoms with Gasteiger partial charge in [-0.1, -0.05) is 79.7 Å². The van der Waals surface area contributed by atoms with Crippen LogP contribution in [0.2, 0.25) is 0 Å². The van der Waals surface area contributed by atoms with E-state index in [1.54, 1.807) is 11.1 Å². The average Bonchev–Trinajstić information content (AvgIpc) is 2.90. The second kappa shape index (κ2) is 12.0. The van der Waals surface area contributed by atoms with E-state index in [4.69, 9.17) is 4.74 Å². The van der Waals surface area contributed by atoms with Crippen LogP contribution in [0.15, 0.2) is 72.9 Å². The molecule has 1 aromatic heterocycles. The van der Waals surface area contributed by atoms with E-state index in [1.165, 1.54) is 5.56 Å². The first-order valence-corrected chi connectivity index (χ1v) is 12.5. The summed E-state index contributed by atoms with van der Waals surface area (Å²) in [5.41, 5.74) is 3.54. The maximum absolute atomic E-state index is 13.6. The summed E-state index contributed by atoms with van der Waals surface area (Å²) in [6.45, 7) is 5.83. The predicted octanol–water partition coefficient (Wildman–Crippen LogP) is 4.60. The summed E-state index contributed by atoms with van der Waals surface area (Å²) in [5.74, 6) is 0.224. The Hall–Kier alpha value is -3.48. The number of fused-ring (bicyclic) bond motifs is 1. The van der Waals surface area contributed by atoms with Gasteiger partial charge in [0, 0.05) is 31.7 Å². The van der Waals surface area contributed by atoms with Gasteiger partial charge in [-0.2, -0.15) is 0 Å². The monoisotopic (exact) mass is 485 g/mol. The molecule has 1 N–H and O–H groups in total. The molecule has 0 fully saturated rings. The molecule has 0 aliphatic carbocycles. The second-order valence-corrected chi connectivity index (χ2v) is 9.67. The fraction of sp³-hybridized carbons (Fsp3) is 0.333. The number of aromatic nitrogens is 1. The summed E-state index contributed by atoms with van der Waals surface area (Å²) < 4.78 is 6.42. The maximum Gasteiger partial charge on any atom is 0.259 e. The predicted molar refractivity (Wildman–Crippen MR) is 144 cm³/mol. The Morgan fingerprint density at radius 2 is 1.78 bits per heavy atom. The number of aliphatic hydroxyl groups is 1. The van der Waals surface area contributed by atoms with Gasteiger partial charge in [0.1, 0.15) is 11.7 Å². The van der Waals surface area contributed by atoms with Gasteiger partial charge in [0.25, 0.3) is 5.91 Å². The van der Waals surface area contributed by atoms with Gasteiger partial charge in [0.05, 0.1) is 12.6 Å². The summed E-state index contributed by atoms with van der Waals surface area (Å²) in [7, 11) is 2.08. The second-order valence-electron chi connectivity index (χ2n) is 9.67. The van der Waals surface area contributed by atoms with E-state index in [9.17, 15) is 9.90 Å². The van der Waals surface area contributed by atoms with Crippen molar-refractivity contribution in [1.29, 1.82) is 0 Å². The number of amides is 1. The minimum Gasteiger partial charge on any atom is -0.472 e. The standard InChI is InChI=1S/C30H35N3O3/c1-22-18-33(23(2)21-34)30(35)27-16-26(15-14-24-10-6-4-7-11-24)17-31-29(27)36-28(22)20-32(3)19-25-12-8-5-9-13-25/h4-17,22-23,28,34H,18-21H2,1-3H3/b15-14+/t22-,23+,28+/m1/s1. The van der Waals surface area contributed by atoms with Gasteiger partial charge in [-0.15, -0.1) is 0 Å². The third-order valence-electron chi connectivity index (χ3n) is 6.60. The molecule has 6 nitrogen and oxygen atoms in total. The van der Waals surface area contributed by atoms with E-state index in [0.717, 1.165) is 17.7 Å². The molecular weight excluding hydrogens is 450 g/mol. The lowest BCUT2D eigenvalue weighted by atomic mass is 9.99. The van der Waals surface area contributed by atoms with Crippen LogP contribution < -0.4 is 4.74 Å². The Morgan fingerprint density at radius 3 is 2.47 bits per heavy atom. The summed E-state index contributed by atoms with van der Waals surface area (Å²) in [6, 6.07) is 21.9. The summed E-state index contributed by atoms with van der Waals surface area (Å²) in [5, 5.41) is 9.88. The molecule has 0 spiro atoms. The highest BCUT2D eigenvalue weighted by atomic mass is 16.5. The highest BCUT2D eigenvalue weighted by Crippen LogP contribution is 2.28. The number of carbonyl (C=O) groups excluding carboxylic acids is 1. The summed E-state index contributed by atoms with van der Waals surface area (Å²) in [4.78, 5) is 22.2. The molecule has 2 heterocycles. The van der Waals surface area contributed by atoms with Crippen LogP contribution in [0.25, 0.3) is 12.2 Å². The number of hydrogen-bond donors (Lipinski definition) is 1. The number of likely N-dealkylation sites (N-methyl/N-ethyl adjacent to an activating group) is 1. The topological polar surface area (TPSA) is 65.9 Å². The molecule has 0 saturated carbocycles. The zero-order valence-corrected chi connectivity index (χ0v) is 21.2. The molecule has 3 atom stereocenters. The SMILES string of the molecule is C[C@@H]1CN([C@@H](C)CO)C(=O)c2cc(/C=C/c3ccccc3)cnc2O[C@H]1CN(C)Cc1ccccc1. The lowest BCUT2D eigenvalue weighted by Crippen LogP contribution is -2.49. The largest absolute Gasteiger partial charge is 0.472 e. The van der Waals surface area contributed by atoms with Gasteiger partial charge in [-0.3, -0.25) is 9.69 Å². The Labute approximate surface area is 213 Å². The van der Waals surface area contributed by atoms with Crippen LogP contribution in [-0.4, -0.2) is 64.7 Å². The molecule has 36 heavy (non-hydrogen) atoms. The summed E-state index contributed by atoms with van der Waals surface area (Å²) >= 11 is 0. The van der Waals surface area contributed by atoms with Crippen LogP contribution in [-0.2, 0) is 6.54 Å². The van der Waals surface area contributed by atoms with E-state index < -0.39 is 0 Å². The van der Waals surface area contributed by atoms with Crippen LogP contribution in [0.4, 0.5) is 0 Å². The van der Waals surface area contributed by atoms with E-state index in [1.807, 2.05) is 73.7 Å². The van der Waals surface area contributed by atoms with E-state index >= 15 is 0 Å². The lowest BCUT2D eigenvalue weighted by Gasteiger charge is -2.37. The van der Waals surface area contributed by atoms with Crippen molar-refractivity contribution in [3.63, 3.8) is 0 Å². The van der Waals surface area contributed by atoms with Gasteiger partial charge in [-0.05, 0) is 36.7 Å². The molecule has 2 aromatic carbocycles. The summed E-state index contributed by atoms with van der Waals surface area (Å²) in [6.07, 6.45) is 5.51. The van der Waals surface area contributed by atoms with Crippen LogP contribution >= 0.6 is 0 Å². The molecule has 0 bridgehead atoms. The molecule has 6 heteroatoms. The van der Waals surface area contributed by atoms with E-state index in [0.29, 0.717) is 24.5 Å². The van der Waals surface area contributed by atoms with Crippen LogP contribution in [0, 0.1) is 5.92 Å². The first kappa shape index (κ1) is 25.6. The number of aliphatic hydroxyl groups excluding tert-OH is 1. The molecule has 3 aromatic rings. The molecule has 0 saturated heterocycles. The third-order valence-corrected chi connectivity index (χ3v) is 6.60. The Balaban J connectivity index is 1.61. The van der Waals surface area contributed by atoms with Crippen molar-refractivity contribution >= 4 is 18.1 Å². The van der Waals surface area contributed by atoms with Crippen LogP contribution in [0.1, 0.15) is 40.9 Å². The lowest BCUT2D eigenvalue weighted by molar-refractivity contribution is 0.0325. The number of pyridine rings is 1. The van der Waals surface area contributed by atoms with Gasteiger partial charge >= 0.3 is 0 Å². The number of benzene rings is 2. The minimum absolute atomic E-state index is 0.0498. The van der Waals surface area contributed by atoms with Gasteiger partial charge < -0.3 is 14.7 Å². The number of hydrogen-bond acceptors (Lipinski definition) is 5. The fourth-order valence-corrected chi connectivity index (χ4v) is 4.45. The van der Waals surface area contributed by atoms with Crippen molar-refractivity contribution in [3.8, 4) is 5.88 Å². The number of rotatable bonds is 8. The van der Waals surface area contributed by atoms with Gasteiger partial charge in [-0.25, -0.2) is 4.98 Å². The average molecular weight is 486 g/mol. The van der Waals surface area contributed by atoms with Crippen molar-refractivity contribution in [2.24, 2.45) is 5.92 Å². The maximum atomic E-state index is 13.6. The van der Waals surface area contributed by atoms with Crippen molar-refractivity contribution in [3.05, 3.63) is 95.2 Å².